The van der Waals surface area contributed by atoms with Gasteiger partial charge in [0.05, 0.1) is 5.56 Å². The van der Waals surface area contributed by atoms with Crippen molar-refractivity contribution < 1.29 is 4.79 Å². The maximum absolute atomic E-state index is 11.4. The van der Waals surface area contributed by atoms with Crippen LogP contribution in [0.25, 0.3) is 0 Å². The number of nitrogens with zero attached hydrogens (tertiary/aromatic N) is 2. The van der Waals surface area contributed by atoms with Gasteiger partial charge in [0.1, 0.15) is 5.82 Å². The molecule has 0 radical (unpaired) electrons. The Balaban J connectivity index is 2.35. The second kappa shape index (κ2) is 4.71. The zero-order valence-electron chi connectivity index (χ0n) is 10.0. The fraction of sp³-hybridized carbons (Fsp3) is 0.500. The molecule has 0 aromatic carbocycles. The molecule has 1 aromatic heterocycles. The number of pyridine rings is 1. The minimum atomic E-state index is -0.438. The van der Waals surface area contributed by atoms with Crippen molar-refractivity contribution in [2.45, 2.75) is 25.8 Å². The van der Waals surface area contributed by atoms with Gasteiger partial charge in [0.15, 0.2) is 0 Å². The molecule has 1 aromatic rings. The molecule has 0 aliphatic carbocycles. The number of hydrogen-bond donors (Lipinski definition) is 2. The Morgan fingerprint density at radius 1 is 1.53 bits per heavy atom. The fourth-order valence-corrected chi connectivity index (χ4v) is 2.18. The van der Waals surface area contributed by atoms with Crippen LogP contribution in [0.1, 0.15) is 28.9 Å². The number of aromatic nitrogens is 1. The van der Waals surface area contributed by atoms with Gasteiger partial charge in [0, 0.05) is 24.8 Å². The molecule has 1 amide bonds. The van der Waals surface area contributed by atoms with E-state index in [0.29, 0.717) is 11.4 Å². The Morgan fingerprint density at radius 3 is 2.94 bits per heavy atom. The summed E-state index contributed by atoms with van der Waals surface area (Å²) in [5, 5.41) is 0. The molecule has 0 saturated carbocycles. The van der Waals surface area contributed by atoms with E-state index in [0.717, 1.165) is 31.6 Å². The first-order valence-corrected chi connectivity index (χ1v) is 5.86. The monoisotopic (exact) mass is 234 g/mol. The predicted octanol–water partition coefficient (Wildman–Crippen LogP) is 0.416. The lowest BCUT2D eigenvalue weighted by molar-refractivity contribution is 0.100. The highest BCUT2D eigenvalue weighted by Gasteiger charge is 2.22. The smallest absolute Gasteiger partial charge is 0.252 e. The molecule has 0 spiro atoms. The minimum absolute atomic E-state index is 0.145. The number of amides is 1. The number of carbonyl (C=O) groups excluding carboxylic acids is 1. The standard InChI is InChI=1S/C12H18N4O/c1-8-4-5-10(11(14)17)12(15-8)16-6-2-3-9(13)7-16/h4-5,9H,2-3,6-7,13H2,1H3,(H2,14,17). The summed E-state index contributed by atoms with van der Waals surface area (Å²) in [6, 6.07) is 3.68. The average molecular weight is 234 g/mol. The maximum atomic E-state index is 11.4. The summed E-state index contributed by atoms with van der Waals surface area (Å²) in [5.41, 5.74) is 12.7. The first-order valence-electron chi connectivity index (χ1n) is 5.86. The van der Waals surface area contributed by atoms with E-state index in [4.69, 9.17) is 11.5 Å². The zero-order chi connectivity index (χ0) is 12.4. The van der Waals surface area contributed by atoms with Crippen LogP contribution in [0, 0.1) is 6.92 Å². The van der Waals surface area contributed by atoms with Gasteiger partial charge in [-0.25, -0.2) is 4.98 Å². The molecule has 1 aliphatic heterocycles. The van der Waals surface area contributed by atoms with Gasteiger partial charge in [-0.2, -0.15) is 0 Å². The molecule has 17 heavy (non-hydrogen) atoms. The third-order valence-electron chi connectivity index (χ3n) is 3.04. The third-order valence-corrected chi connectivity index (χ3v) is 3.04. The van der Waals surface area contributed by atoms with E-state index in [1.54, 1.807) is 12.1 Å². The Labute approximate surface area is 101 Å². The van der Waals surface area contributed by atoms with E-state index in [2.05, 4.69) is 9.88 Å². The third kappa shape index (κ3) is 2.55. The molecule has 1 aliphatic rings. The summed E-state index contributed by atoms with van der Waals surface area (Å²) in [6.07, 6.45) is 2.04. The SMILES string of the molecule is Cc1ccc(C(N)=O)c(N2CCCC(N)C2)n1. The van der Waals surface area contributed by atoms with E-state index in [-0.39, 0.29) is 6.04 Å². The normalized spacial score (nSPS) is 20.4. The molecule has 4 N–H and O–H groups in total. The zero-order valence-corrected chi connectivity index (χ0v) is 10.0. The van der Waals surface area contributed by atoms with Crippen LogP contribution in [0.5, 0.6) is 0 Å². The fourth-order valence-electron chi connectivity index (χ4n) is 2.18. The van der Waals surface area contributed by atoms with Crippen molar-refractivity contribution in [3.63, 3.8) is 0 Å². The predicted molar refractivity (Wildman–Crippen MR) is 66.9 cm³/mol. The van der Waals surface area contributed by atoms with Crippen LogP contribution in [0.4, 0.5) is 5.82 Å². The van der Waals surface area contributed by atoms with Gasteiger partial charge in [-0.1, -0.05) is 0 Å². The van der Waals surface area contributed by atoms with Crippen molar-refractivity contribution in [3.8, 4) is 0 Å². The van der Waals surface area contributed by atoms with Crippen LogP contribution >= 0.6 is 0 Å². The van der Waals surface area contributed by atoms with Gasteiger partial charge in [0.25, 0.3) is 5.91 Å². The highest BCUT2D eigenvalue weighted by Crippen LogP contribution is 2.21. The van der Waals surface area contributed by atoms with Crippen molar-refractivity contribution in [2.24, 2.45) is 11.5 Å². The van der Waals surface area contributed by atoms with Crippen LogP contribution in [0.3, 0.4) is 0 Å². The maximum Gasteiger partial charge on any atom is 0.252 e. The number of piperidine rings is 1. The van der Waals surface area contributed by atoms with Crippen LogP contribution in [0.15, 0.2) is 12.1 Å². The summed E-state index contributed by atoms with van der Waals surface area (Å²) in [7, 11) is 0. The van der Waals surface area contributed by atoms with E-state index in [1.807, 2.05) is 6.92 Å². The average Bonchev–Trinajstić information content (AvgIpc) is 2.28. The Morgan fingerprint density at radius 2 is 2.29 bits per heavy atom. The summed E-state index contributed by atoms with van der Waals surface area (Å²) in [4.78, 5) is 17.9. The molecule has 2 heterocycles. The highest BCUT2D eigenvalue weighted by atomic mass is 16.1. The molecule has 1 saturated heterocycles. The van der Waals surface area contributed by atoms with Crippen LogP contribution in [0.2, 0.25) is 0 Å². The lowest BCUT2D eigenvalue weighted by atomic mass is 10.1. The van der Waals surface area contributed by atoms with Gasteiger partial charge >= 0.3 is 0 Å². The van der Waals surface area contributed by atoms with Crippen molar-refractivity contribution in [3.05, 3.63) is 23.4 Å². The number of aryl methyl sites for hydroxylation is 1. The summed E-state index contributed by atoms with van der Waals surface area (Å²) >= 11 is 0. The molecular formula is C12H18N4O. The Bertz CT molecular complexity index is 433. The highest BCUT2D eigenvalue weighted by molar-refractivity contribution is 5.97. The Hall–Kier alpha value is -1.62. The molecule has 5 nitrogen and oxygen atoms in total. The van der Waals surface area contributed by atoms with Crippen molar-refractivity contribution in [1.29, 1.82) is 0 Å². The number of primary amides is 1. The lowest BCUT2D eigenvalue weighted by Gasteiger charge is -2.32. The van der Waals surface area contributed by atoms with Crippen molar-refractivity contribution in [2.75, 3.05) is 18.0 Å². The quantitative estimate of drug-likeness (QED) is 0.776. The number of carbonyl (C=O) groups is 1. The summed E-state index contributed by atoms with van der Waals surface area (Å²) in [5.74, 6) is 0.235. The van der Waals surface area contributed by atoms with Crippen molar-refractivity contribution >= 4 is 11.7 Å². The Kier molecular flexibility index (Phi) is 3.28. The molecule has 1 unspecified atom stereocenters. The number of hydrogen-bond acceptors (Lipinski definition) is 4. The number of rotatable bonds is 2. The second-order valence-corrected chi connectivity index (χ2v) is 4.54. The first kappa shape index (κ1) is 11.9. The van der Waals surface area contributed by atoms with Gasteiger partial charge in [0.2, 0.25) is 0 Å². The molecule has 5 heteroatoms. The largest absolute Gasteiger partial charge is 0.365 e. The van der Waals surface area contributed by atoms with Crippen LogP contribution < -0.4 is 16.4 Å². The van der Waals surface area contributed by atoms with Crippen LogP contribution in [-0.2, 0) is 0 Å². The van der Waals surface area contributed by atoms with Crippen LogP contribution in [-0.4, -0.2) is 30.0 Å². The first-order chi connectivity index (χ1) is 8.08. The second-order valence-electron chi connectivity index (χ2n) is 4.54. The van der Waals surface area contributed by atoms with E-state index in [9.17, 15) is 4.79 Å². The lowest BCUT2D eigenvalue weighted by Crippen LogP contribution is -2.44. The van der Waals surface area contributed by atoms with Gasteiger partial charge in [-0.15, -0.1) is 0 Å². The molecule has 92 valence electrons. The molecule has 1 fully saturated rings. The van der Waals surface area contributed by atoms with E-state index in [1.165, 1.54) is 0 Å². The number of anilines is 1. The molecule has 2 rings (SSSR count). The topological polar surface area (TPSA) is 85.2 Å². The van der Waals surface area contributed by atoms with Gasteiger partial charge < -0.3 is 16.4 Å². The molecule has 1 atom stereocenters. The molecular weight excluding hydrogens is 216 g/mol. The molecule has 0 bridgehead atoms. The summed E-state index contributed by atoms with van der Waals surface area (Å²) in [6.45, 7) is 3.51. The summed E-state index contributed by atoms with van der Waals surface area (Å²) < 4.78 is 0. The van der Waals surface area contributed by atoms with Gasteiger partial charge in [-0.05, 0) is 31.9 Å². The number of nitrogens with two attached hydrogens (primary N) is 2. The van der Waals surface area contributed by atoms with Crippen molar-refractivity contribution in [1.82, 2.24) is 4.98 Å². The van der Waals surface area contributed by atoms with E-state index >= 15 is 0 Å². The minimum Gasteiger partial charge on any atom is -0.365 e. The van der Waals surface area contributed by atoms with Gasteiger partial charge in [-0.3, -0.25) is 4.79 Å². The van der Waals surface area contributed by atoms with E-state index < -0.39 is 5.91 Å².